The number of hydrogen-bond acceptors (Lipinski definition) is 2. The molecule has 0 fully saturated rings. The maximum absolute atomic E-state index is 2.44. The lowest BCUT2D eigenvalue weighted by Gasteiger charge is -2.28. The van der Waals surface area contributed by atoms with Crippen molar-refractivity contribution in [1.82, 2.24) is 0 Å². The number of rotatable bonds is 10. The van der Waals surface area contributed by atoms with Crippen LogP contribution in [-0.4, -0.2) is 0 Å². The molecular formula is C84H62N2. The van der Waals surface area contributed by atoms with Crippen LogP contribution in [0.1, 0.15) is 72.2 Å². The van der Waals surface area contributed by atoms with Gasteiger partial charge in [-0.15, -0.1) is 0 Å². The third kappa shape index (κ3) is 8.63. The normalized spacial score (nSPS) is 13.7. The van der Waals surface area contributed by atoms with Crippen molar-refractivity contribution in [3.05, 3.63) is 324 Å². The van der Waals surface area contributed by atoms with E-state index in [1.54, 1.807) is 0 Å². The number of anilines is 6. The summed E-state index contributed by atoms with van der Waals surface area (Å²) in [6.45, 7) is 9.55. The topological polar surface area (TPSA) is 6.48 Å². The average Bonchev–Trinajstić information content (AvgIpc) is 1.91. The summed E-state index contributed by atoms with van der Waals surface area (Å²) in [6, 6.07) is 103. The van der Waals surface area contributed by atoms with Gasteiger partial charge in [0.25, 0.3) is 0 Å². The monoisotopic (exact) mass is 1100 g/mol. The predicted octanol–water partition coefficient (Wildman–Crippen LogP) is 23.3. The summed E-state index contributed by atoms with van der Waals surface area (Å²) >= 11 is 0. The van der Waals surface area contributed by atoms with Gasteiger partial charge in [-0.3, -0.25) is 0 Å². The molecule has 0 aromatic heterocycles. The molecule has 14 aromatic carbocycles. The van der Waals surface area contributed by atoms with Gasteiger partial charge in [0, 0.05) is 45.0 Å². The Bertz CT molecular complexity index is 4670. The smallest absolute Gasteiger partial charge is 0.0468 e. The molecule has 0 heterocycles. The fourth-order valence-electron chi connectivity index (χ4n) is 14.2. The van der Waals surface area contributed by atoms with Gasteiger partial charge in [0.05, 0.1) is 0 Å². The highest BCUT2D eigenvalue weighted by atomic mass is 15.1. The minimum atomic E-state index is -0.217. The Labute approximate surface area is 503 Å². The van der Waals surface area contributed by atoms with E-state index in [2.05, 4.69) is 341 Å². The van der Waals surface area contributed by atoms with Gasteiger partial charge in [-0.25, -0.2) is 0 Å². The van der Waals surface area contributed by atoms with E-state index in [1.807, 2.05) is 0 Å². The van der Waals surface area contributed by atoms with Gasteiger partial charge in [-0.1, -0.05) is 258 Å². The first-order valence-corrected chi connectivity index (χ1v) is 30.1. The van der Waals surface area contributed by atoms with Crippen LogP contribution in [0.25, 0.3) is 100 Å². The van der Waals surface area contributed by atoms with Crippen molar-refractivity contribution in [3.8, 4) is 22.3 Å². The third-order valence-corrected chi connectivity index (χ3v) is 18.7. The molecular weight excluding hydrogens is 1040 g/mol. The molecule has 0 saturated heterocycles. The number of nitrogens with zero attached hydrogens (tertiary/aromatic N) is 2. The standard InChI is InChI=1S/C84H62N2/c1-83(2)79-47-55(29-43-75(79)77-45-41-71(53-81(77)83)85(67-37-33-57-15-5-9-19-63(57)49-67)68-38-34-58-16-6-10-20-64(58)50-68)27-31-61-23-13-26-74-62(24-14-25-73(61)74)32-28-56-30-44-76-78-46-42-72(54-82(78)84(3,4)80(76)48-56)86(69-39-35-59-17-7-11-21-65(59)51-69)70-40-36-60-18-8-12-22-66(60)52-70/h5-54H,1-4H3/b31-27+,32-28+. The van der Waals surface area contributed by atoms with Gasteiger partial charge in [0.1, 0.15) is 0 Å². The van der Waals surface area contributed by atoms with Crippen LogP contribution >= 0.6 is 0 Å². The zero-order chi connectivity index (χ0) is 57.7. The van der Waals surface area contributed by atoms with E-state index >= 15 is 0 Å². The molecule has 0 atom stereocenters. The third-order valence-electron chi connectivity index (χ3n) is 18.7. The molecule has 0 radical (unpaired) electrons. The van der Waals surface area contributed by atoms with E-state index in [4.69, 9.17) is 0 Å². The second-order valence-corrected chi connectivity index (χ2v) is 24.6. The lowest BCUT2D eigenvalue weighted by molar-refractivity contribution is 0.660. The second-order valence-electron chi connectivity index (χ2n) is 24.6. The summed E-state index contributed by atoms with van der Waals surface area (Å²) in [5, 5.41) is 12.3. The molecule has 2 aliphatic carbocycles. The van der Waals surface area contributed by atoms with Crippen molar-refractivity contribution in [2.45, 2.75) is 38.5 Å². The van der Waals surface area contributed by atoms with Crippen molar-refractivity contribution < 1.29 is 0 Å². The summed E-state index contributed by atoms with van der Waals surface area (Å²) in [4.78, 5) is 4.85. The van der Waals surface area contributed by atoms with Crippen LogP contribution < -0.4 is 9.80 Å². The van der Waals surface area contributed by atoms with Crippen molar-refractivity contribution >= 4 is 112 Å². The Kier molecular flexibility index (Phi) is 11.9. The van der Waals surface area contributed by atoms with E-state index in [9.17, 15) is 0 Å². The van der Waals surface area contributed by atoms with Crippen LogP contribution in [0.15, 0.2) is 279 Å². The summed E-state index contributed by atoms with van der Waals surface area (Å²) in [7, 11) is 0. The molecule has 86 heavy (non-hydrogen) atoms. The molecule has 2 heteroatoms. The Morgan fingerprint density at radius 2 is 0.512 bits per heavy atom. The van der Waals surface area contributed by atoms with Gasteiger partial charge in [-0.05, 0) is 193 Å². The summed E-state index contributed by atoms with van der Waals surface area (Å²) in [5.41, 5.74) is 21.8. The maximum atomic E-state index is 2.44. The highest BCUT2D eigenvalue weighted by Gasteiger charge is 2.38. The molecule has 0 spiro atoms. The van der Waals surface area contributed by atoms with Gasteiger partial charge in [0.15, 0.2) is 0 Å². The van der Waals surface area contributed by atoms with Crippen molar-refractivity contribution in [1.29, 1.82) is 0 Å². The largest absolute Gasteiger partial charge is 0.310 e. The van der Waals surface area contributed by atoms with Crippen LogP contribution in [0.4, 0.5) is 34.1 Å². The zero-order valence-electron chi connectivity index (χ0n) is 48.8. The molecule has 2 aliphatic rings. The van der Waals surface area contributed by atoms with Crippen LogP contribution in [0.5, 0.6) is 0 Å². The molecule has 0 N–H and O–H groups in total. The van der Waals surface area contributed by atoms with E-state index in [-0.39, 0.29) is 10.8 Å². The Morgan fingerprint density at radius 3 is 0.849 bits per heavy atom. The number of fused-ring (bicyclic) bond motifs is 11. The minimum Gasteiger partial charge on any atom is -0.310 e. The molecule has 0 bridgehead atoms. The second kappa shape index (κ2) is 20.1. The average molecular weight is 1100 g/mol. The van der Waals surface area contributed by atoms with Crippen molar-refractivity contribution in [2.24, 2.45) is 0 Å². The van der Waals surface area contributed by atoms with E-state index in [0.29, 0.717) is 0 Å². The predicted molar refractivity (Wildman–Crippen MR) is 369 cm³/mol. The van der Waals surface area contributed by atoms with Crippen LogP contribution in [-0.2, 0) is 10.8 Å². The Balaban J connectivity index is 0.674. The zero-order valence-corrected chi connectivity index (χ0v) is 48.8. The van der Waals surface area contributed by atoms with Gasteiger partial charge in [0.2, 0.25) is 0 Å². The maximum Gasteiger partial charge on any atom is 0.0468 e. The number of hydrogen-bond donors (Lipinski definition) is 0. The van der Waals surface area contributed by atoms with Crippen LogP contribution in [0, 0.1) is 0 Å². The first-order chi connectivity index (χ1) is 42.1. The van der Waals surface area contributed by atoms with Gasteiger partial charge < -0.3 is 9.80 Å². The molecule has 2 nitrogen and oxygen atoms in total. The molecule has 0 aliphatic heterocycles. The molecule has 408 valence electrons. The lowest BCUT2D eigenvalue weighted by atomic mass is 9.81. The molecule has 0 unspecified atom stereocenters. The number of benzene rings is 14. The summed E-state index contributed by atoms with van der Waals surface area (Å²) < 4.78 is 0. The molecule has 14 aromatic rings. The molecule has 16 rings (SSSR count). The van der Waals surface area contributed by atoms with Crippen LogP contribution in [0.2, 0.25) is 0 Å². The first-order valence-electron chi connectivity index (χ1n) is 30.1. The van der Waals surface area contributed by atoms with Gasteiger partial charge in [-0.2, -0.15) is 0 Å². The Morgan fingerprint density at radius 1 is 0.233 bits per heavy atom. The SMILES string of the molecule is CC1(C)c2cc(/C=C/c3cccc4c(/C=C/c5ccc6c(c5)C(C)(C)c5cc(N(c7ccc8ccccc8c7)c7ccc8ccccc8c7)ccc5-6)cccc34)ccc2-c2ccc(N(c3ccc4ccccc4c3)c3ccc4ccccc4c3)cc21. The first kappa shape index (κ1) is 51.1. The van der Waals surface area contributed by atoms with Crippen LogP contribution in [0.3, 0.4) is 0 Å². The highest BCUT2D eigenvalue weighted by Crippen LogP contribution is 2.53. The molecule has 0 saturated carbocycles. The fourth-order valence-corrected chi connectivity index (χ4v) is 14.2. The van der Waals surface area contributed by atoms with Crippen molar-refractivity contribution in [3.63, 3.8) is 0 Å². The summed E-state index contributed by atoms with van der Waals surface area (Å²) in [6.07, 6.45) is 9.18. The van der Waals surface area contributed by atoms with Crippen molar-refractivity contribution in [2.75, 3.05) is 9.80 Å². The lowest BCUT2D eigenvalue weighted by Crippen LogP contribution is -2.16. The minimum absolute atomic E-state index is 0.217. The van der Waals surface area contributed by atoms with Gasteiger partial charge >= 0.3 is 0 Å². The highest BCUT2D eigenvalue weighted by molar-refractivity contribution is 6.01. The fraction of sp³-hybridized carbons (Fsp3) is 0.0714. The quantitative estimate of drug-likeness (QED) is 0.126. The Hall–Kier alpha value is -10.5. The van der Waals surface area contributed by atoms with E-state index in [1.165, 1.54) is 121 Å². The molecule has 0 amide bonds. The van der Waals surface area contributed by atoms with E-state index < -0.39 is 0 Å². The summed E-state index contributed by atoms with van der Waals surface area (Å²) in [5.74, 6) is 0. The van der Waals surface area contributed by atoms with E-state index in [0.717, 1.165) is 34.1 Å².